The molecule has 1 aromatic rings. The van der Waals surface area contributed by atoms with Crippen LogP contribution in [0, 0.1) is 5.92 Å². The van der Waals surface area contributed by atoms with E-state index in [1.165, 1.54) is 6.92 Å². The Morgan fingerprint density at radius 2 is 2.18 bits per heavy atom. The molecule has 1 atom stereocenters. The van der Waals surface area contributed by atoms with Gasteiger partial charge in [0.1, 0.15) is 0 Å². The molecule has 0 aliphatic carbocycles. The number of carboxylic acids is 1. The summed E-state index contributed by atoms with van der Waals surface area (Å²) in [5.74, 6) is -1.50. The Kier molecular flexibility index (Phi) is 4.27. The molecule has 1 heterocycles. The molecule has 0 saturated carbocycles. The first-order valence-corrected chi connectivity index (χ1v) is 5.49. The fourth-order valence-electron chi connectivity index (χ4n) is 0.928. The molecule has 0 radical (unpaired) electrons. The lowest BCUT2D eigenvalue weighted by atomic mass is 10.1. The van der Waals surface area contributed by atoms with Crippen LogP contribution in [0.1, 0.15) is 18.4 Å². The molecule has 0 aliphatic heterocycles. The summed E-state index contributed by atoms with van der Waals surface area (Å²) in [6.07, 6.45) is -4.19. The van der Waals surface area contributed by atoms with Crippen LogP contribution < -0.4 is 5.32 Å². The van der Waals surface area contributed by atoms with Crippen LogP contribution in [0.25, 0.3) is 0 Å². The maximum Gasteiger partial charge on any atom is 0.445 e. The number of alkyl halides is 3. The summed E-state index contributed by atoms with van der Waals surface area (Å²) >= 11 is 0.394. The zero-order valence-corrected chi connectivity index (χ0v) is 9.60. The second-order valence-electron chi connectivity index (χ2n) is 3.36. The van der Waals surface area contributed by atoms with Crippen LogP contribution in [-0.2, 0) is 11.0 Å². The van der Waals surface area contributed by atoms with Gasteiger partial charge in [-0.25, -0.2) is 0 Å². The highest BCUT2D eigenvalue weighted by Crippen LogP contribution is 2.32. The zero-order chi connectivity index (χ0) is 13.1. The molecule has 1 unspecified atom stereocenters. The summed E-state index contributed by atoms with van der Waals surface area (Å²) in [7, 11) is 0. The molecule has 0 aromatic carbocycles. The molecule has 1 aromatic heterocycles. The lowest BCUT2D eigenvalue weighted by Crippen LogP contribution is -2.14. The summed E-state index contributed by atoms with van der Waals surface area (Å²) in [5.41, 5.74) is 0. The molecule has 1 rings (SSSR count). The van der Waals surface area contributed by atoms with E-state index in [0.29, 0.717) is 17.8 Å². The third-order valence-electron chi connectivity index (χ3n) is 1.94. The molecule has 0 spiro atoms. The van der Waals surface area contributed by atoms with E-state index >= 15 is 0 Å². The minimum Gasteiger partial charge on any atom is -0.481 e. The number of carboxylic acid groups (broad SMARTS) is 1. The average molecular weight is 269 g/mol. The van der Waals surface area contributed by atoms with E-state index in [2.05, 4.69) is 15.5 Å². The highest BCUT2D eigenvalue weighted by Gasteiger charge is 2.35. The Bertz CT molecular complexity index is 394. The minimum atomic E-state index is -4.49. The largest absolute Gasteiger partial charge is 0.481 e. The van der Waals surface area contributed by atoms with E-state index < -0.39 is 23.1 Å². The van der Waals surface area contributed by atoms with Crippen LogP contribution >= 0.6 is 11.3 Å². The van der Waals surface area contributed by atoms with E-state index in [1.807, 2.05) is 0 Å². The van der Waals surface area contributed by atoms with Crippen molar-refractivity contribution in [1.82, 2.24) is 10.2 Å². The Labute approximate surface area is 98.7 Å². The number of halogens is 3. The van der Waals surface area contributed by atoms with Gasteiger partial charge in [0.25, 0.3) is 0 Å². The number of rotatable bonds is 5. The highest BCUT2D eigenvalue weighted by molar-refractivity contribution is 7.15. The Morgan fingerprint density at radius 1 is 1.53 bits per heavy atom. The van der Waals surface area contributed by atoms with Crippen LogP contribution in [-0.4, -0.2) is 27.8 Å². The van der Waals surface area contributed by atoms with Gasteiger partial charge in [-0.3, -0.25) is 4.79 Å². The van der Waals surface area contributed by atoms with Gasteiger partial charge in [0.2, 0.25) is 10.1 Å². The molecule has 0 amide bonds. The average Bonchev–Trinajstić information content (AvgIpc) is 2.65. The Hall–Kier alpha value is -1.38. The quantitative estimate of drug-likeness (QED) is 0.856. The van der Waals surface area contributed by atoms with Gasteiger partial charge in [0.15, 0.2) is 0 Å². The van der Waals surface area contributed by atoms with Crippen molar-refractivity contribution in [1.29, 1.82) is 0 Å². The minimum absolute atomic E-state index is 0.0370. The number of anilines is 1. The van der Waals surface area contributed by atoms with Gasteiger partial charge < -0.3 is 10.4 Å². The molecule has 0 saturated heterocycles. The highest BCUT2D eigenvalue weighted by atomic mass is 32.1. The van der Waals surface area contributed by atoms with Gasteiger partial charge in [-0.1, -0.05) is 18.3 Å². The molecule has 2 N–H and O–H groups in total. The third kappa shape index (κ3) is 4.17. The van der Waals surface area contributed by atoms with Crippen molar-refractivity contribution in [2.75, 3.05) is 11.9 Å². The molecule has 96 valence electrons. The molecule has 5 nitrogen and oxygen atoms in total. The topological polar surface area (TPSA) is 75.1 Å². The van der Waals surface area contributed by atoms with Crippen molar-refractivity contribution < 1.29 is 23.1 Å². The van der Waals surface area contributed by atoms with Gasteiger partial charge in [-0.05, 0) is 6.42 Å². The summed E-state index contributed by atoms with van der Waals surface area (Å²) in [6, 6.07) is 0. The third-order valence-corrected chi connectivity index (χ3v) is 2.87. The monoisotopic (exact) mass is 269 g/mol. The van der Waals surface area contributed by atoms with Crippen molar-refractivity contribution >= 4 is 22.4 Å². The summed E-state index contributed by atoms with van der Waals surface area (Å²) in [5, 5.41) is 16.5. The molecule has 0 bridgehead atoms. The number of hydrogen-bond acceptors (Lipinski definition) is 5. The van der Waals surface area contributed by atoms with Crippen LogP contribution in [0.5, 0.6) is 0 Å². The van der Waals surface area contributed by atoms with Gasteiger partial charge in [-0.15, -0.1) is 10.2 Å². The fraction of sp³-hybridized carbons (Fsp3) is 0.625. The lowest BCUT2D eigenvalue weighted by Gasteiger charge is -2.05. The van der Waals surface area contributed by atoms with Gasteiger partial charge in [-0.2, -0.15) is 13.2 Å². The van der Waals surface area contributed by atoms with E-state index in [4.69, 9.17) is 5.11 Å². The molecule has 0 fully saturated rings. The maximum absolute atomic E-state index is 12.2. The number of nitrogens with zero attached hydrogens (tertiary/aromatic N) is 2. The van der Waals surface area contributed by atoms with Gasteiger partial charge in [0.05, 0.1) is 5.92 Å². The van der Waals surface area contributed by atoms with Crippen LogP contribution in [0.4, 0.5) is 18.3 Å². The Morgan fingerprint density at radius 3 is 2.65 bits per heavy atom. The standard InChI is InChI=1S/C8H10F3N3O2S/c1-4(5(15)16)2-3-12-7-14-13-6(17-7)8(9,10)11/h4H,2-3H2,1H3,(H,12,14)(H,15,16). The van der Waals surface area contributed by atoms with E-state index in [9.17, 15) is 18.0 Å². The van der Waals surface area contributed by atoms with E-state index in [0.717, 1.165) is 0 Å². The SMILES string of the molecule is CC(CCNc1nnc(C(F)(F)F)s1)C(=O)O. The van der Waals surface area contributed by atoms with Crippen molar-refractivity contribution in [2.45, 2.75) is 19.5 Å². The zero-order valence-electron chi connectivity index (χ0n) is 8.78. The number of aliphatic carboxylic acids is 1. The lowest BCUT2D eigenvalue weighted by molar-refractivity contribution is -0.141. The van der Waals surface area contributed by atoms with Crippen LogP contribution in [0.15, 0.2) is 0 Å². The van der Waals surface area contributed by atoms with Crippen molar-refractivity contribution in [3.05, 3.63) is 5.01 Å². The second kappa shape index (κ2) is 5.30. The van der Waals surface area contributed by atoms with Gasteiger partial charge >= 0.3 is 12.1 Å². The molecular weight excluding hydrogens is 259 g/mol. The molecule has 9 heteroatoms. The summed E-state index contributed by atoms with van der Waals surface area (Å²) in [6.45, 7) is 1.76. The number of nitrogens with one attached hydrogen (secondary N) is 1. The second-order valence-corrected chi connectivity index (χ2v) is 4.34. The van der Waals surface area contributed by atoms with Crippen molar-refractivity contribution in [3.63, 3.8) is 0 Å². The summed E-state index contributed by atoms with van der Waals surface area (Å²) in [4.78, 5) is 10.5. The molecule has 17 heavy (non-hydrogen) atoms. The van der Waals surface area contributed by atoms with Crippen LogP contribution in [0.3, 0.4) is 0 Å². The fourth-order valence-corrected chi connectivity index (χ4v) is 1.56. The first kappa shape index (κ1) is 13.7. The summed E-state index contributed by atoms with van der Waals surface area (Å²) < 4.78 is 36.5. The normalized spacial score (nSPS) is 13.4. The smallest absolute Gasteiger partial charge is 0.445 e. The van der Waals surface area contributed by atoms with Crippen molar-refractivity contribution in [3.8, 4) is 0 Å². The van der Waals surface area contributed by atoms with E-state index in [-0.39, 0.29) is 11.7 Å². The Balaban J connectivity index is 2.43. The number of hydrogen-bond donors (Lipinski definition) is 2. The van der Waals surface area contributed by atoms with Crippen molar-refractivity contribution in [2.24, 2.45) is 5.92 Å². The maximum atomic E-state index is 12.2. The van der Waals surface area contributed by atoms with E-state index in [1.54, 1.807) is 0 Å². The first-order chi connectivity index (χ1) is 7.80. The molecular formula is C8H10F3N3O2S. The number of carbonyl (C=O) groups is 1. The molecule has 0 aliphatic rings. The van der Waals surface area contributed by atoms with Crippen LogP contribution in [0.2, 0.25) is 0 Å². The number of aromatic nitrogens is 2. The first-order valence-electron chi connectivity index (χ1n) is 4.68. The predicted molar refractivity (Wildman–Crippen MR) is 54.8 cm³/mol. The predicted octanol–water partition coefficient (Wildman–Crippen LogP) is 2.08. The van der Waals surface area contributed by atoms with Gasteiger partial charge in [0, 0.05) is 6.54 Å².